The maximum Gasteiger partial charge on any atom is 0.161 e. The Morgan fingerprint density at radius 3 is 2.96 bits per heavy atom. The van der Waals surface area contributed by atoms with Gasteiger partial charge >= 0.3 is 0 Å². The second-order valence-corrected chi connectivity index (χ2v) is 8.22. The molecule has 1 aromatic carbocycles. The van der Waals surface area contributed by atoms with E-state index in [1.807, 2.05) is 31.2 Å². The Morgan fingerprint density at radius 1 is 1.38 bits per heavy atom. The van der Waals surface area contributed by atoms with Gasteiger partial charge in [-0.25, -0.2) is 0 Å². The van der Waals surface area contributed by atoms with Crippen LogP contribution in [0.1, 0.15) is 37.2 Å². The molecule has 3 atom stereocenters. The van der Waals surface area contributed by atoms with Crippen LogP contribution < -0.4 is 4.74 Å². The van der Waals surface area contributed by atoms with Crippen molar-refractivity contribution in [1.29, 1.82) is 0 Å². The zero-order valence-corrected chi connectivity index (χ0v) is 16.2. The number of halogens is 1. The van der Waals surface area contributed by atoms with E-state index in [1.165, 1.54) is 0 Å². The first-order valence-corrected chi connectivity index (χ1v) is 9.91. The smallest absolute Gasteiger partial charge is 0.161 e. The third-order valence-corrected chi connectivity index (χ3v) is 6.01. The molecule has 1 saturated heterocycles. The molecule has 2 aliphatic rings. The van der Waals surface area contributed by atoms with E-state index in [0.717, 1.165) is 23.0 Å². The maximum absolute atomic E-state index is 10.1. The lowest BCUT2D eigenvalue weighted by atomic mass is 9.96. The van der Waals surface area contributed by atoms with Gasteiger partial charge in [0.2, 0.25) is 0 Å². The molecule has 4 rings (SSSR count). The van der Waals surface area contributed by atoms with Gasteiger partial charge in [-0.15, -0.1) is 0 Å². The van der Waals surface area contributed by atoms with Crippen molar-refractivity contribution < 1.29 is 9.84 Å². The Morgan fingerprint density at radius 2 is 2.23 bits per heavy atom. The monoisotopic (exact) mass is 389 g/mol. The molecule has 0 radical (unpaired) electrons. The number of phenols is 1. The number of rotatable bonds is 4. The van der Waals surface area contributed by atoms with Crippen LogP contribution in [-0.2, 0) is 0 Å². The molecule has 5 nitrogen and oxygen atoms in total. The number of phenolic OH excluding ortho intramolecular Hbond substituents is 1. The number of hydrogen-bond donors (Lipinski definition) is 1. The summed E-state index contributed by atoms with van der Waals surface area (Å²) in [4.78, 5) is 11.8. The summed E-state index contributed by atoms with van der Waals surface area (Å²) in [6.45, 7) is 5.46. The van der Waals surface area contributed by atoms with Crippen LogP contribution in [0.15, 0.2) is 41.5 Å². The summed E-state index contributed by atoms with van der Waals surface area (Å²) in [5.74, 6) is 0.498. The molecule has 1 aromatic heterocycles. The van der Waals surface area contributed by atoms with Gasteiger partial charge < -0.3 is 14.7 Å². The van der Waals surface area contributed by atoms with Crippen LogP contribution in [-0.4, -0.2) is 38.6 Å². The Hall–Kier alpha value is -1.92. The number of benzene rings is 1. The van der Waals surface area contributed by atoms with Gasteiger partial charge in [-0.3, -0.25) is 9.98 Å². The normalized spacial score (nSPS) is 24.5. The summed E-state index contributed by atoms with van der Waals surface area (Å²) in [5, 5.41) is 12.1. The molecule has 1 fully saturated rings. The van der Waals surface area contributed by atoms with Crippen LogP contribution in [0.5, 0.6) is 11.5 Å². The first-order valence-electron chi connectivity index (χ1n) is 8.65. The molecular formula is C19H20ClN3O2S. The molecule has 7 heteroatoms. The third-order valence-electron chi connectivity index (χ3n) is 4.58. The molecule has 0 unspecified atom stereocenters. The lowest BCUT2D eigenvalue weighted by Gasteiger charge is -2.28. The molecule has 3 heterocycles. The van der Waals surface area contributed by atoms with E-state index in [9.17, 15) is 5.11 Å². The third kappa shape index (κ3) is 3.01. The summed E-state index contributed by atoms with van der Waals surface area (Å²) in [5.41, 5.74) is 1.81. The molecule has 0 bridgehead atoms. The van der Waals surface area contributed by atoms with Crippen molar-refractivity contribution >= 4 is 28.5 Å². The molecule has 0 amide bonds. The fraction of sp³-hybridized carbons (Fsp3) is 0.368. The van der Waals surface area contributed by atoms with Gasteiger partial charge in [0.15, 0.2) is 16.7 Å². The van der Waals surface area contributed by atoms with E-state index in [-0.39, 0.29) is 17.8 Å². The van der Waals surface area contributed by atoms with Gasteiger partial charge in [0.05, 0.1) is 18.3 Å². The molecule has 0 aliphatic carbocycles. The first kappa shape index (κ1) is 17.5. The fourth-order valence-corrected chi connectivity index (χ4v) is 4.87. The number of fused-ring (bicyclic) bond motifs is 1. The second kappa shape index (κ2) is 7.00. The van der Waals surface area contributed by atoms with Crippen LogP contribution in [0.4, 0.5) is 0 Å². The van der Waals surface area contributed by atoms with Crippen molar-refractivity contribution in [2.75, 3.05) is 13.2 Å². The number of ether oxygens (including phenoxy) is 1. The van der Waals surface area contributed by atoms with Crippen LogP contribution >= 0.6 is 23.4 Å². The van der Waals surface area contributed by atoms with Crippen molar-refractivity contribution in [3.05, 3.63) is 52.8 Å². The predicted molar refractivity (Wildman–Crippen MR) is 105 cm³/mol. The second-order valence-electron chi connectivity index (χ2n) is 6.41. The minimum atomic E-state index is -0.136. The average Bonchev–Trinajstić information content (AvgIpc) is 3.14. The van der Waals surface area contributed by atoms with Gasteiger partial charge in [-0.1, -0.05) is 36.4 Å². The van der Waals surface area contributed by atoms with Crippen molar-refractivity contribution in [3.8, 4) is 11.5 Å². The van der Waals surface area contributed by atoms with E-state index in [1.54, 1.807) is 24.0 Å². The molecule has 0 saturated carbocycles. The number of amidine groups is 1. The van der Waals surface area contributed by atoms with Crippen LogP contribution in [0.2, 0.25) is 5.02 Å². The van der Waals surface area contributed by atoms with Crippen molar-refractivity contribution in [2.45, 2.75) is 31.2 Å². The van der Waals surface area contributed by atoms with Gasteiger partial charge in [-0.2, -0.15) is 0 Å². The van der Waals surface area contributed by atoms with Crippen molar-refractivity contribution in [1.82, 2.24) is 9.88 Å². The first-order chi connectivity index (χ1) is 12.6. The number of nitrogens with zero attached hydrogens (tertiary/aromatic N) is 3. The van der Waals surface area contributed by atoms with Crippen molar-refractivity contribution in [3.63, 3.8) is 0 Å². The maximum atomic E-state index is 10.1. The highest BCUT2D eigenvalue weighted by Gasteiger charge is 2.44. The van der Waals surface area contributed by atoms with Gasteiger partial charge in [-0.05, 0) is 30.7 Å². The summed E-state index contributed by atoms with van der Waals surface area (Å²) >= 11 is 8.32. The van der Waals surface area contributed by atoms with E-state index < -0.39 is 0 Å². The van der Waals surface area contributed by atoms with E-state index in [4.69, 9.17) is 21.3 Å². The molecule has 26 heavy (non-hydrogen) atoms. The van der Waals surface area contributed by atoms with Crippen LogP contribution in [0, 0.1) is 0 Å². The lowest BCUT2D eigenvalue weighted by Crippen LogP contribution is -2.28. The van der Waals surface area contributed by atoms with Crippen molar-refractivity contribution in [2.24, 2.45) is 4.99 Å². The Bertz CT molecular complexity index is 846. The van der Waals surface area contributed by atoms with Gasteiger partial charge in [0.1, 0.15) is 6.04 Å². The molecule has 136 valence electrons. The lowest BCUT2D eigenvalue weighted by molar-refractivity contribution is 0.306. The summed E-state index contributed by atoms with van der Waals surface area (Å²) in [6.07, 6.45) is 1.79. The number of hydrogen-bond acceptors (Lipinski definition) is 6. The topological polar surface area (TPSA) is 58.0 Å². The Balaban J connectivity index is 1.81. The molecule has 2 aliphatic heterocycles. The van der Waals surface area contributed by atoms with Crippen LogP contribution in [0.3, 0.4) is 0 Å². The Kier molecular flexibility index (Phi) is 4.71. The minimum Gasteiger partial charge on any atom is -0.504 e. The fourth-order valence-electron chi connectivity index (χ4n) is 3.51. The summed E-state index contributed by atoms with van der Waals surface area (Å²) < 4.78 is 5.58. The average molecular weight is 390 g/mol. The zero-order chi connectivity index (χ0) is 18.3. The highest BCUT2D eigenvalue weighted by atomic mass is 35.5. The molecule has 0 spiro atoms. The quantitative estimate of drug-likeness (QED) is 0.838. The number of aromatic hydroxyl groups is 1. The molecular weight excluding hydrogens is 370 g/mol. The highest BCUT2D eigenvalue weighted by Crippen LogP contribution is 2.50. The number of pyridine rings is 1. The highest BCUT2D eigenvalue weighted by molar-refractivity contribution is 8.14. The summed E-state index contributed by atoms with van der Waals surface area (Å²) in [7, 11) is 0. The van der Waals surface area contributed by atoms with Gasteiger partial charge in [0, 0.05) is 29.1 Å². The van der Waals surface area contributed by atoms with Gasteiger partial charge in [0.25, 0.3) is 0 Å². The molecule has 1 N–H and O–H groups in total. The zero-order valence-electron chi connectivity index (χ0n) is 14.6. The number of thioether (sulfide) groups is 1. The SMILES string of the molecule is CCOc1cc([C@@H]2[C@H](c3ccccn3)N=C3S[C@H](C)CN32)c(Cl)cc1O. The van der Waals surface area contributed by atoms with E-state index in [2.05, 4.69) is 16.8 Å². The van der Waals surface area contributed by atoms with Crippen LogP contribution in [0.25, 0.3) is 0 Å². The predicted octanol–water partition coefficient (Wildman–Crippen LogP) is 4.43. The number of aromatic nitrogens is 1. The number of aliphatic imine (C=N–C) groups is 1. The summed E-state index contributed by atoms with van der Waals surface area (Å²) in [6, 6.07) is 9.07. The Labute approximate surface area is 162 Å². The van der Waals surface area contributed by atoms with E-state index in [0.29, 0.717) is 22.6 Å². The minimum absolute atomic E-state index is 0.0540. The molecule has 2 aromatic rings. The largest absolute Gasteiger partial charge is 0.504 e. The van der Waals surface area contributed by atoms with E-state index >= 15 is 0 Å². The standard InChI is InChI=1S/C19H20ClN3O2S/c1-3-25-16-8-12(13(20)9-15(16)24)18-17(14-6-4-5-7-21-14)22-19-23(18)10-11(2)26-19/h4-9,11,17-18,24H,3,10H2,1-2H3/t11-,17+,18-/m1/s1.